The van der Waals surface area contributed by atoms with Crippen LogP contribution in [0.25, 0.3) is 0 Å². The van der Waals surface area contributed by atoms with E-state index in [-0.39, 0.29) is 17.6 Å². The summed E-state index contributed by atoms with van der Waals surface area (Å²) in [7, 11) is 0. The first-order valence-corrected chi connectivity index (χ1v) is 8.16. The van der Waals surface area contributed by atoms with E-state index in [1.165, 1.54) is 6.07 Å². The highest BCUT2D eigenvalue weighted by atomic mass is 19.4. The van der Waals surface area contributed by atoms with E-state index >= 15 is 0 Å². The highest BCUT2D eigenvalue weighted by Gasteiger charge is 2.37. The summed E-state index contributed by atoms with van der Waals surface area (Å²) in [5, 5.41) is 11.7. The smallest absolute Gasteiger partial charge is 0.381 e. The van der Waals surface area contributed by atoms with Crippen molar-refractivity contribution in [1.29, 1.82) is 5.26 Å². The van der Waals surface area contributed by atoms with E-state index in [4.69, 9.17) is 10.00 Å². The fraction of sp³-hybridized carbons (Fsp3) is 0.529. The van der Waals surface area contributed by atoms with E-state index in [2.05, 4.69) is 5.32 Å². The molecule has 1 amide bonds. The highest BCUT2D eigenvalue weighted by molar-refractivity contribution is 5.87. The molecule has 1 aromatic carbocycles. The number of alkyl halides is 3. The van der Waals surface area contributed by atoms with Crippen LogP contribution in [0.3, 0.4) is 0 Å². The van der Waals surface area contributed by atoms with Crippen LogP contribution in [0.15, 0.2) is 18.2 Å². The second kappa shape index (κ2) is 6.92. The molecule has 1 aromatic rings. The molecule has 2 fully saturated rings. The molecule has 2 aliphatic heterocycles. The Balaban J connectivity index is 1.73. The van der Waals surface area contributed by atoms with Crippen molar-refractivity contribution in [2.75, 3.05) is 25.1 Å². The van der Waals surface area contributed by atoms with Crippen LogP contribution in [0.2, 0.25) is 0 Å². The van der Waals surface area contributed by atoms with Gasteiger partial charge in [-0.3, -0.25) is 4.79 Å². The lowest BCUT2D eigenvalue weighted by Gasteiger charge is -2.31. The van der Waals surface area contributed by atoms with Crippen molar-refractivity contribution in [1.82, 2.24) is 4.90 Å². The molecular formula is C17H18F3N3O2. The quantitative estimate of drug-likeness (QED) is 0.908. The predicted molar refractivity (Wildman–Crippen MR) is 83.7 cm³/mol. The Labute approximate surface area is 143 Å². The van der Waals surface area contributed by atoms with Gasteiger partial charge in [0, 0.05) is 31.5 Å². The number of ether oxygens (including phenoxy) is 1. The van der Waals surface area contributed by atoms with Gasteiger partial charge in [0.25, 0.3) is 0 Å². The van der Waals surface area contributed by atoms with Crippen molar-refractivity contribution in [2.24, 2.45) is 0 Å². The minimum atomic E-state index is -4.61. The van der Waals surface area contributed by atoms with E-state index in [1.54, 1.807) is 11.0 Å². The molecule has 8 heteroatoms. The average Bonchev–Trinajstić information content (AvgIpc) is 2.95. The largest absolute Gasteiger partial charge is 0.417 e. The summed E-state index contributed by atoms with van der Waals surface area (Å²) in [4.78, 5) is 14.4. The summed E-state index contributed by atoms with van der Waals surface area (Å²) < 4.78 is 44.4. The third-order valence-electron chi connectivity index (χ3n) is 4.66. The Morgan fingerprint density at radius 2 is 1.96 bits per heavy atom. The zero-order chi connectivity index (χ0) is 18.0. The molecule has 1 unspecified atom stereocenters. The number of benzene rings is 1. The molecule has 0 aromatic heterocycles. The van der Waals surface area contributed by atoms with E-state index in [1.807, 2.05) is 0 Å². The molecule has 2 heterocycles. The number of likely N-dealkylation sites (tertiary alicyclic amines) is 1. The number of anilines is 1. The van der Waals surface area contributed by atoms with Crippen LogP contribution in [-0.4, -0.2) is 42.6 Å². The monoisotopic (exact) mass is 353 g/mol. The lowest BCUT2D eigenvalue weighted by Crippen LogP contribution is -2.43. The molecule has 1 atom stereocenters. The Hall–Kier alpha value is -2.27. The number of rotatable bonds is 3. The van der Waals surface area contributed by atoms with E-state index in [0.717, 1.165) is 25.0 Å². The van der Waals surface area contributed by atoms with Gasteiger partial charge < -0.3 is 15.0 Å². The molecule has 0 saturated carbocycles. The fourth-order valence-electron chi connectivity index (χ4n) is 3.36. The van der Waals surface area contributed by atoms with Crippen LogP contribution in [0.4, 0.5) is 18.9 Å². The summed E-state index contributed by atoms with van der Waals surface area (Å²) in [5.41, 5.74) is -1.23. The number of nitrogens with one attached hydrogen (secondary N) is 1. The van der Waals surface area contributed by atoms with Gasteiger partial charge in [-0.25, -0.2) is 0 Å². The van der Waals surface area contributed by atoms with Crippen LogP contribution >= 0.6 is 0 Å². The van der Waals surface area contributed by atoms with Gasteiger partial charge in [0.1, 0.15) is 6.04 Å². The third-order valence-corrected chi connectivity index (χ3v) is 4.66. The SMILES string of the molecule is N#Cc1ccc(NC2CCN(C3CCOCC3)C2=O)cc1C(F)(F)F. The first-order chi connectivity index (χ1) is 11.9. The number of amides is 1. The molecule has 0 bridgehead atoms. The maximum absolute atomic E-state index is 13.0. The summed E-state index contributed by atoms with van der Waals surface area (Å²) in [6.45, 7) is 1.83. The zero-order valence-corrected chi connectivity index (χ0v) is 13.5. The van der Waals surface area contributed by atoms with Gasteiger partial charge in [-0.2, -0.15) is 18.4 Å². The predicted octanol–water partition coefficient (Wildman–Crippen LogP) is 2.77. The van der Waals surface area contributed by atoms with Crippen LogP contribution in [0.1, 0.15) is 30.4 Å². The number of hydrogen-bond donors (Lipinski definition) is 1. The van der Waals surface area contributed by atoms with Gasteiger partial charge in [-0.05, 0) is 37.5 Å². The molecule has 3 rings (SSSR count). The third kappa shape index (κ3) is 3.71. The van der Waals surface area contributed by atoms with Crippen molar-refractivity contribution in [2.45, 2.75) is 37.5 Å². The van der Waals surface area contributed by atoms with Crippen molar-refractivity contribution in [3.05, 3.63) is 29.3 Å². The maximum Gasteiger partial charge on any atom is 0.417 e. The second-order valence-electron chi connectivity index (χ2n) is 6.23. The number of carbonyl (C=O) groups is 1. The van der Waals surface area contributed by atoms with Crippen LogP contribution < -0.4 is 5.32 Å². The second-order valence-corrected chi connectivity index (χ2v) is 6.23. The van der Waals surface area contributed by atoms with E-state index in [9.17, 15) is 18.0 Å². The summed E-state index contributed by atoms with van der Waals surface area (Å²) in [5.74, 6) is -0.0928. The number of nitriles is 1. The van der Waals surface area contributed by atoms with Crippen LogP contribution in [0.5, 0.6) is 0 Å². The van der Waals surface area contributed by atoms with E-state index in [0.29, 0.717) is 26.2 Å². The van der Waals surface area contributed by atoms with Crippen molar-refractivity contribution in [3.63, 3.8) is 0 Å². The molecule has 0 aliphatic carbocycles. The lowest BCUT2D eigenvalue weighted by molar-refractivity contribution is -0.137. The van der Waals surface area contributed by atoms with Crippen molar-refractivity contribution < 1.29 is 22.7 Å². The topological polar surface area (TPSA) is 65.4 Å². The highest BCUT2D eigenvalue weighted by Crippen LogP contribution is 2.34. The molecule has 25 heavy (non-hydrogen) atoms. The number of nitrogens with zero attached hydrogens (tertiary/aromatic N) is 2. The summed E-state index contributed by atoms with van der Waals surface area (Å²) >= 11 is 0. The Morgan fingerprint density at radius 1 is 1.24 bits per heavy atom. The zero-order valence-electron chi connectivity index (χ0n) is 13.5. The standard InChI is InChI=1S/C17H18F3N3O2/c18-17(19,20)14-9-12(2-1-11(14)10-21)22-15-3-6-23(16(15)24)13-4-7-25-8-5-13/h1-2,9,13,15,22H,3-8H2. The van der Waals surface area contributed by atoms with Crippen LogP contribution in [0, 0.1) is 11.3 Å². The normalized spacial score (nSPS) is 22.1. The van der Waals surface area contributed by atoms with Gasteiger partial charge >= 0.3 is 6.18 Å². The lowest BCUT2D eigenvalue weighted by atomic mass is 10.1. The molecule has 2 saturated heterocycles. The van der Waals surface area contributed by atoms with Crippen molar-refractivity contribution >= 4 is 11.6 Å². The van der Waals surface area contributed by atoms with E-state index < -0.39 is 23.3 Å². The Kier molecular flexibility index (Phi) is 4.86. The van der Waals surface area contributed by atoms with Gasteiger partial charge in [-0.15, -0.1) is 0 Å². The summed E-state index contributed by atoms with van der Waals surface area (Å²) in [6.07, 6.45) is -2.50. The van der Waals surface area contributed by atoms with Gasteiger partial charge in [0.05, 0.1) is 17.2 Å². The molecule has 0 spiro atoms. The van der Waals surface area contributed by atoms with Crippen molar-refractivity contribution in [3.8, 4) is 6.07 Å². The summed E-state index contributed by atoms with van der Waals surface area (Å²) in [6, 6.07) is 4.56. The molecular weight excluding hydrogens is 335 g/mol. The van der Waals surface area contributed by atoms with Gasteiger partial charge in [0.2, 0.25) is 5.91 Å². The molecule has 2 aliphatic rings. The average molecular weight is 353 g/mol. The Bertz CT molecular complexity index is 693. The minimum Gasteiger partial charge on any atom is -0.381 e. The minimum absolute atomic E-state index is 0.0928. The first-order valence-electron chi connectivity index (χ1n) is 8.16. The number of halogens is 3. The molecule has 5 nitrogen and oxygen atoms in total. The van der Waals surface area contributed by atoms with Crippen LogP contribution in [-0.2, 0) is 15.7 Å². The number of carbonyl (C=O) groups excluding carboxylic acids is 1. The molecule has 1 N–H and O–H groups in total. The maximum atomic E-state index is 13.0. The van der Waals surface area contributed by atoms with Gasteiger partial charge in [-0.1, -0.05) is 0 Å². The molecule has 134 valence electrons. The molecule has 0 radical (unpaired) electrons. The Morgan fingerprint density at radius 3 is 2.60 bits per heavy atom. The first kappa shape index (κ1) is 17.5. The number of hydrogen-bond acceptors (Lipinski definition) is 4. The van der Waals surface area contributed by atoms with Gasteiger partial charge in [0.15, 0.2) is 0 Å². The fourth-order valence-corrected chi connectivity index (χ4v) is 3.36.